The molecule has 0 radical (unpaired) electrons. The largest absolute Gasteiger partial charge is 0.322 e. The number of anilines is 1. The van der Waals surface area contributed by atoms with Gasteiger partial charge in [-0.1, -0.05) is 0 Å². The standard InChI is InChI=1S/C15H9F3N4O/c16-9-1-3-11(12(17)5-9)15(23)21-10-2-4-14(13(18)6-10)22-8-19-7-20-22/h1-8H,(H,21,23). The molecule has 5 nitrogen and oxygen atoms in total. The van der Waals surface area contributed by atoms with E-state index in [0.717, 1.165) is 18.2 Å². The maximum Gasteiger partial charge on any atom is 0.258 e. The maximum atomic E-state index is 14.0. The monoisotopic (exact) mass is 318 g/mol. The molecule has 2 aromatic carbocycles. The summed E-state index contributed by atoms with van der Waals surface area (Å²) in [6.07, 6.45) is 2.58. The number of nitrogens with one attached hydrogen (secondary N) is 1. The second-order valence-corrected chi connectivity index (χ2v) is 4.58. The Balaban J connectivity index is 1.83. The number of carbonyl (C=O) groups is 1. The SMILES string of the molecule is O=C(Nc1ccc(-n2cncn2)c(F)c1)c1ccc(F)cc1F. The van der Waals surface area contributed by atoms with E-state index in [1.165, 1.54) is 29.5 Å². The molecule has 0 unspecified atom stereocenters. The minimum atomic E-state index is -0.998. The van der Waals surface area contributed by atoms with Gasteiger partial charge in [0.1, 0.15) is 30.0 Å². The number of halogens is 3. The zero-order chi connectivity index (χ0) is 16.4. The van der Waals surface area contributed by atoms with Crippen molar-refractivity contribution in [1.82, 2.24) is 14.8 Å². The third-order valence-electron chi connectivity index (χ3n) is 3.05. The van der Waals surface area contributed by atoms with Crippen LogP contribution in [0, 0.1) is 17.5 Å². The Bertz CT molecular complexity index is 865. The van der Waals surface area contributed by atoms with Gasteiger partial charge in [-0.3, -0.25) is 4.79 Å². The molecule has 3 rings (SSSR count). The molecule has 0 aliphatic rings. The zero-order valence-corrected chi connectivity index (χ0v) is 11.5. The molecule has 23 heavy (non-hydrogen) atoms. The summed E-state index contributed by atoms with van der Waals surface area (Å²) in [5, 5.41) is 6.14. The number of carbonyl (C=O) groups excluding carboxylic acids is 1. The van der Waals surface area contributed by atoms with Crippen molar-refractivity contribution in [2.45, 2.75) is 0 Å². The first-order valence-electron chi connectivity index (χ1n) is 6.45. The minimum absolute atomic E-state index is 0.125. The van der Waals surface area contributed by atoms with Gasteiger partial charge >= 0.3 is 0 Å². The first-order valence-corrected chi connectivity index (χ1v) is 6.45. The second kappa shape index (κ2) is 5.91. The molecule has 0 saturated heterocycles. The van der Waals surface area contributed by atoms with Crippen LogP contribution in [0.2, 0.25) is 0 Å². The normalized spacial score (nSPS) is 10.6. The van der Waals surface area contributed by atoms with Crippen molar-refractivity contribution in [3.8, 4) is 5.69 Å². The van der Waals surface area contributed by atoms with E-state index in [1.807, 2.05) is 0 Å². The van der Waals surface area contributed by atoms with Gasteiger partial charge in [0.15, 0.2) is 5.82 Å². The molecule has 3 aromatic rings. The van der Waals surface area contributed by atoms with E-state index < -0.39 is 23.4 Å². The molecule has 0 spiro atoms. The van der Waals surface area contributed by atoms with E-state index >= 15 is 0 Å². The van der Waals surface area contributed by atoms with Gasteiger partial charge in [0, 0.05) is 11.8 Å². The van der Waals surface area contributed by atoms with E-state index in [4.69, 9.17) is 0 Å². The fourth-order valence-corrected chi connectivity index (χ4v) is 1.98. The van der Waals surface area contributed by atoms with Crippen molar-refractivity contribution in [3.05, 3.63) is 72.1 Å². The van der Waals surface area contributed by atoms with Crippen molar-refractivity contribution < 1.29 is 18.0 Å². The van der Waals surface area contributed by atoms with E-state index in [0.29, 0.717) is 6.07 Å². The third kappa shape index (κ3) is 3.05. The van der Waals surface area contributed by atoms with Crippen LogP contribution in [0.3, 0.4) is 0 Å². The van der Waals surface area contributed by atoms with Crippen molar-refractivity contribution in [3.63, 3.8) is 0 Å². The molecule has 0 fully saturated rings. The number of amides is 1. The van der Waals surface area contributed by atoms with Crippen molar-refractivity contribution in [2.75, 3.05) is 5.32 Å². The van der Waals surface area contributed by atoms with Gasteiger partial charge in [-0.2, -0.15) is 5.10 Å². The smallest absolute Gasteiger partial charge is 0.258 e. The summed E-state index contributed by atoms with van der Waals surface area (Å²) in [6, 6.07) is 6.46. The lowest BCUT2D eigenvalue weighted by Gasteiger charge is -2.08. The van der Waals surface area contributed by atoms with Gasteiger partial charge < -0.3 is 5.32 Å². The lowest BCUT2D eigenvalue weighted by molar-refractivity contribution is 0.102. The van der Waals surface area contributed by atoms with Crippen LogP contribution in [0.1, 0.15) is 10.4 Å². The summed E-state index contributed by atoms with van der Waals surface area (Å²) in [6.45, 7) is 0. The Morgan fingerprint density at radius 1 is 1.04 bits per heavy atom. The Morgan fingerprint density at radius 3 is 2.52 bits per heavy atom. The molecule has 1 heterocycles. The van der Waals surface area contributed by atoms with Crippen LogP contribution in [0.5, 0.6) is 0 Å². The molecule has 1 aromatic heterocycles. The predicted octanol–water partition coefficient (Wildman–Crippen LogP) is 2.94. The molecular weight excluding hydrogens is 309 g/mol. The molecular formula is C15H9F3N4O. The number of aromatic nitrogens is 3. The number of benzene rings is 2. The number of rotatable bonds is 3. The van der Waals surface area contributed by atoms with Crippen LogP contribution in [-0.2, 0) is 0 Å². The Labute approximate surface area is 128 Å². The minimum Gasteiger partial charge on any atom is -0.322 e. The van der Waals surface area contributed by atoms with Crippen molar-refractivity contribution in [2.24, 2.45) is 0 Å². The molecule has 0 aliphatic carbocycles. The second-order valence-electron chi connectivity index (χ2n) is 4.58. The summed E-state index contributed by atoms with van der Waals surface area (Å²) < 4.78 is 41.6. The summed E-state index contributed by atoms with van der Waals surface area (Å²) in [7, 11) is 0. The summed E-state index contributed by atoms with van der Waals surface area (Å²) in [4.78, 5) is 15.7. The zero-order valence-electron chi connectivity index (χ0n) is 11.5. The van der Waals surface area contributed by atoms with Gasteiger partial charge in [0.2, 0.25) is 0 Å². The molecule has 0 aliphatic heterocycles. The first-order chi connectivity index (χ1) is 11.0. The number of hydrogen-bond donors (Lipinski definition) is 1. The molecule has 1 N–H and O–H groups in total. The van der Waals surface area contributed by atoms with E-state index in [-0.39, 0.29) is 16.9 Å². The highest BCUT2D eigenvalue weighted by molar-refractivity contribution is 6.04. The van der Waals surface area contributed by atoms with E-state index in [2.05, 4.69) is 15.4 Å². The summed E-state index contributed by atoms with van der Waals surface area (Å²) >= 11 is 0. The van der Waals surface area contributed by atoms with Gasteiger partial charge in [-0.25, -0.2) is 22.8 Å². The maximum absolute atomic E-state index is 14.0. The fourth-order valence-electron chi connectivity index (χ4n) is 1.98. The fraction of sp³-hybridized carbons (Fsp3) is 0. The van der Waals surface area contributed by atoms with E-state index in [9.17, 15) is 18.0 Å². The molecule has 0 saturated carbocycles. The summed E-state index contributed by atoms with van der Waals surface area (Å²) in [5.41, 5.74) is -0.0688. The Kier molecular flexibility index (Phi) is 3.80. The Hall–Kier alpha value is -3.16. The quantitative estimate of drug-likeness (QED) is 0.808. The van der Waals surface area contributed by atoms with Gasteiger partial charge in [-0.15, -0.1) is 0 Å². The van der Waals surface area contributed by atoms with Crippen LogP contribution in [-0.4, -0.2) is 20.7 Å². The van der Waals surface area contributed by atoms with Crippen molar-refractivity contribution in [1.29, 1.82) is 0 Å². The molecule has 1 amide bonds. The highest BCUT2D eigenvalue weighted by Gasteiger charge is 2.14. The van der Waals surface area contributed by atoms with E-state index in [1.54, 1.807) is 0 Å². The first kappa shape index (κ1) is 14.8. The highest BCUT2D eigenvalue weighted by atomic mass is 19.1. The Morgan fingerprint density at radius 2 is 1.87 bits per heavy atom. The molecule has 8 heteroatoms. The molecule has 0 bridgehead atoms. The summed E-state index contributed by atoms with van der Waals surface area (Å²) in [5.74, 6) is -3.24. The highest BCUT2D eigenvalue weighted by Crippen LogP contribution is 2.19. The lowest BCUT2D eigenvalue weighted by Crippen LogP contribution is -2.14. The lowest BCUT2D eigenvalue weighted by atomic mass is 10.2. The molecule has 0 atom stereocenters. The third-order valence-corrected chi connectivity index (χ3v) is 3.05. The van der Waals surface area contributed by atoms with Crippen LogP contribution in [0.25, 0.3) is 5.69 Å². The average molecular weight is 318 g/mol. The number of hydrogen-bond acceptors (Lipinski definition) is 3. The van der Waals surface area contributed by atoms with Gasteiger partial charge in [-0.05, 0) is 30.3 Å². The predicted molar refractivity (Wildman–Crippen MR) is 75.6 cm³/mol. The van der Waals surface area contributed by atoms with Crippen molar-refractivity contribution >= 4 is 11.6 Å². The van der Waals surface area contributed by atoms with Gasteiger partial charge in [0.05, 0.1) is 5.56 Å². The van der Waals surface area contributed by atoms with Crippen LogP contribution >= 0.6 is 0 Å². The topological polar surface area (TPSA) is 59.8 Å². The molecule has 116 valence electrons. The average Bonchev–Trinajstić information content (AvgIpc) is 3.01. The number of nitrogens with zero attached hydrogens (tertiary/aromatic N) is 3. The van der Waals surface area contributed by atoms with Crippen LogP contribution < -0.4 is 5.32 Å². The van der Waals surface area contributed by atoms with Crippen LogP contribution in [0.4, 0.5) is 18.9 Å². The van der Waals surface area contributed by atoms with Gasteiger partial charge in [0.25, 0.3) is 5.91 Å². The van der Waals surface area contributed by atoms with Crippen LogP contribution in [0.15, 0.2) is 49.1 Å².